The summed E-state index contributed by atoms with van der Waals surface area (Å²) in [7, 11) is 0. The number of hydrogen-bond acceptors (Lipinski definition) is 6. The Kier molecular flexibility index (Phi) is 6.12. The van der Waals surface area contributed by atoms with E-state index in [-0.39, 0.29) is 34.1 Å². The summed E-state index contributed by atoms with van der Waals surface area (Å²) >= 11 is 3.17. The maximum atomic E-state index is 13.2. The minimum atomic E-state index is -2.78. The van der Waals surface area contributed by atoms with Crippen LogP contribution < -0.4 is 10.1 Å². The van der Waals surface area contributed by atoms with Crippen molar-refractivity contribution in [2.75, 3.05) is 5.32 Å². The Labute approximate surface area is 188 Å². The number of benzene rings is 1. The van der Waals surface area contributed by atoms with Crippen LogP contribution in [0.1, 0.15) is 36.6 Å². The van der Waals surface area contributed by atoms with E-state index in [0.29, 0.717) is 11.4 Å². The molecular weight excluding hydrogens is 492 g/mol. The van der Waals surface area contributed by atoms with Gasteiger partial charge in [-0.05, 0) is 40.9 Å². The molecule has 1 aliphatic carbocycles. The Bertz CT molecular complexity index is 1170. The van der Waals surface area contributed by atoms with Crippen LogP contribution in [-0.2, 0) is 11.3 Å². The minimum Gasteiger partial charge on any atom is -0.455 e. The molecule has 0 bridgehead atoms. The third-order valence-electron chi connectivity index (χ3n) is 4.68. The fourth-order valence-electron chi connectivity index (χ4n) is 3.18. The first-order chi connectivity index (χ1) is 15.3. The predicted octanol–water partition coefficient (Wildman–Crippen LogP) is 5.19. The average molecular weight is 508 g/mol. The van der Waals surface area contributed by atoms with Gasteiger partial charge in [-0.3, -0.25) is 24.6 Å². The molecule has 0 unspecified atom stereocenters. The normalized spacial score (nSPS) is 13.2. The van der Waals surface area contributed by atoms with Crippen molar-refractivity contribution < 1.29 is 23.2 Å². The summed E-state index contributed by atoms with van der Waals surface area (Å²) in [4.78, 5) is 27.2. The first kappa shape index (κ1) is 21.8. The standard InChI is InChI=1S/C20H16BrF2N5O4/c21-17-18(20(22)23)26-27(19(17)11-3-4-11)10-16(29)25-12-6-13(28(30)31)8-15(7-12)32-14-2-1-5-24-9-14/h1-2,5-9,11,20H,3-4,10H2,(H,25,29). The molecule has 1 saturated carbocycles. The Morgan fingerprint density at radius 1 is 1.34 bits per heavy atom. The lowest BCUT2D eigenvalue weighted by atomic mass is 10.2. The molecule has 166 valence electrons. The lowest BCUT2D eigenvalue weighted by molar-refractivity contribution is -0.384. The number of halogens is 3. The second kappa shape index (κ2) is 8.99. The number of nitro groups is 1. The van der Waals surface area contributed by atoms with Crippen LogP contribution >= 0.6 is 15.9 Å². The van der Waals surface area contributed by atoms with Gasteiger partial charge in [0.25, 0.3) is 12.1 Å². The fraction of sp³-hybridized carbons (Fsp3) is 0.250. The molecule has 0 spiro atoms. The Morgan fingerprint density at radius 2 is 2.12 bits per heavy atom. The van der Waals surface area contributed by atoms with E-state index in [2.05, 4.69) is 31.3 Å². The summed E-state index contributed by atoms with van der Waals surface area (Å²) in [5, 5.41) is 17.7. The predicted molar refractivity (Wildman–Crippen MR) is 113 cm³/mol. The third kappa shape index (κ3) is 4.90. The van der Waals surface area contributed by atoms with E-state index in [0.717, 1.165) is 12.8 Å². The molecule has 2 heterocycles. The Morgan fingerprint density at radius 3 is 2.75 bits per heavy atom. The summed E-state index contributed by atoms with van der Waals surface area (Å²) in [5.41, 5.74) is -0.0316. The van der Waals surface area contributed by atoms with Crippen molar-refractivity contribution in [1.82, 2.24) is 14.8 Å². The van der Waals surface area contributed by atoms with Gasteiger partial charge in [-0.2, -0.15) is 5.10 Å². The number of alkyl halides is 2. The van der Waals surface area contributed by atoms with Gasteiger partial charge in [0.05, 0.1) is 33.0 Å². The second-order valence-corrected chi connectivity index (χ2v) is 7.92. The lowest BCUT2D eigenvalue weighted by Crippen LogP contribution is -2.21. The van der Waals surface area contributed by atoms with E-state index in [1.807, 2.05) is 0 Å². The molecule has 32 heavy (non-hydrogen) atoms. The molecule has 4 rings (SSSR count). The van der Waals surface area contributed by atoms with E-state index >= 15 is 0 Å². The van der Waals surface area contributed by atoms with Crippen molar-refractivity contribution in [2.24, 2.45) is 0 Å². The fourth-order valence-corrected chi connectivity index (χ4v) is 3.96. The summed E-state index contributed by atoms with van der Waals surface area (Å²) in [6.07, 6.45) is 1.86. The molecule has 0 atom stereocenters. The van der Waals surface area contributed by atoms with E-state index in [1.54, 1.807) is 18.3 Å². The average Bonchev–Trinajstić information content (AvgIpc) is 3.52. The maximum absolute atomic E-state index is 13.2. The number of hydrogen-bond donors (Lipinski definition) is 1. The van der Waals surface area contributed by atoms with Crippen LogP contribution in [0.3, 0.4) is 0 Å². The molecule has 1 aliphatic rings. The molecule has 12 heteroatoms. The highest BCUT2D eigenvalue weighted by Crippen LogP contribution is 2.45. The molecule has 0 saturated heterocycles. The van der Waals surface area contributed by atoms with Gasteiger partial charge in [0.15, 0.2) is 0 Å². The summed E-state index contributed by atoms with van der Waals surface area (Å²) in [5.74, 6) is -0.0201. The number of nitro benzene ring substituents is 1. The molecule has 1 N–H and O–H groups in total. The molecule has 9 nitrogen and oxygen atoms in total. The van der Waals surface area contributed by atoms with Crippen LogP contribution in [-0.4, -0.2) is 25.6 Å². The highest BCUT2D eigenvalue weighted by Gasteiger charge is 2.34. The van der Waals surface area contributed by atoms with Crippen LogP contribution in [0.15, 0.2) is 47.2 Å². The quantitative estimate of drug-likeness (QED) is 0.331. The highest BCUT2D eigenvalue weighted by atomic mass is 79.9. The zero-order valence-corrected chi connectivity index (χ0v) is 18.0. The number of non-ortho nitro benzene ring substituents is 1. The SMILES string of the molecule is O=C(Cn1nc(C(F)F)c(Br)c1C1CC1)Nc1cc(Oc2cccnc2)cc([N+](=O)[O-])c1. The van der Waals surface area contributed by atoms with Crippen LogP contribution in [0, 0.1) is 10.1 Å². The van der Waals surface area contributed by atoms with Crippen LogP contribution in [0.25, 0.3) is 0 Å². The van der Waals surface area contributed by atoms with Gasteiger partial charge in [-0.1, -0.05) is 0 Å². The second-order valence-electron chi connectivity index (χ2n) is 7.13. The molecule has 1 aromatic carbocycles. The van der Waals surface area contributed by atoms with Gasteiger partial charge in [0.2, 0.25) is 5.91 Å². The monoisotopic (exact) mass is 507 g/mol. The van der Waals surface area contributed by atoms with Gasteiger partial charge in [0, 0.05) is 24.2 Å². The largest absolute Gasteiger partial charge is 0.455 e. The summed E-state index contributed by atoms with van der Waals surface area (Å²) in [6, 6.07) is 7.08. The summed E-state index contributed by atoms with van der Waals surface area (Å²) in [6.45, 7) is -0.321. The number of pyridine rings is 1. The van der Waals surface area contributed by atoms with E-state index < -0.39 is 22.9 Å². The van der Waals surface area contributed by atoms with E-state index in [1.165, 1.54) is 29.1 Å². The molecule has 1 amide bonds. The molecule has 2 aromatic heterocycles. The van der Waals surface area contributed by atoms with E-state index in [9.17, 15) is 23.7 Å². The van der Waals surface area contributed by atoms with Crippen molar-refractivity contribution in [1.29, 1.82) is 0 Å². The number of nitrogens with zero attached hydrogens (tertiary/aromatic N) is 4. The topological polar surface area (TPSA) is 112 Å². The lowest BCUT2D eigenvalue weighted by Gasteiger charge is -2.10. The van der Waals surface area contributed by atoms with E-state index in [4.69, 9.17) is 4.74 Å². The number of carbonyl (C=O) groups excluding carboxylic acids is 1. The zero-order valence-electron chi connectivity index (χ0n) is 16.4. The Hall–Kier alpha value is -3.41. The molecule has 1 fully saturated rings. The number of anilines is 1. The number of nitrogens with one attached hydrogen (secondary N) is 1. The molecule has 0 aliphatic heterocycles. The van der Waals surface area contributed by atoms with Crippen molar-refractivity contribution in [3.8, 4) is 11.5 Å². The van der Waals surface area contributed by atoms with Gasteiger partial charge < -0.3 is 10.1 Å². The van der Waals surface area contributed by atoms with Crippen molar-refractivity contribution in [3.05, 3.63) is 68.7 Å². The molecular formula is C20H16BrF2N5O4. The first-order valence-corrected chi connectivity index (χ1v) is 10.3. The first-order valence-electron chi connectivity index (χ1n) is 9.53. The van der Waals surface area contributed by atoms with Crippen LogP contribution in [0.4, 0.5) is 20.2 Å². The summed E-state index contributed by atoms with van der Waals surface area (Å²) < 4.78 is 33.5. The smallest absolute Gasteiger partial charge is 0.283 e. The van der Waals surface area contributed by atoms with Crippen LogP contribution in [0.5, 0.6) is 11.5 Å². The number of aromatic nitrogens is 3. The Balaban J connectivity index is 1.55. The number of amides is 1. The number of rotatable bonds is 8. The van der Waals surface area contributed by atoms with Gasteiger partial charge in [-0.25, -0.2) is 8.78 Å². The highest BCUT2D eigenvalue weighted by molar-refractivity contribution is 9.10. The zero-order chi connectivity index (χ0) is 22.8. The van der Waals surface area contributed by atoms with Crippen molar-refractivity contribution >= 4 is 33.2 Å². The number of carbonyl (C=O) groups is 1. The number of ether oxygens (including phenoxy) is 1. The third-order valence-corrected chi connectivity index (χ3v) is 5.49. The molecule has 0 radical (unpaired) electrons. The van der Waals surface area contributed by atoms with Crippen molar-refractivity contribution in [2.45, 2.75) is 31.7 Å². The minimum absolute atomic E-state index is 0.0643. The molecule has 3 aromatic rings. The maximum Gasteiger partial charge on any atom is 0.283 e. The van der Waals surface area contributed by atoms with Gasteiger partial charge in [-0.15, -0.1) is 0 Å². The van der Waals surface area contributed by atoms with Gasteiger partial charge >= 0.3 is 0 Å². The van der Waals surface area contributed by atoms with Crippen molar-refractivity contribution in [3.63, 3.8) is 0 Å². The van der Waals surface area contributed by atoms with Gasteiger partial charge in [0.1, 0.15) is 23.7 Å². The van der Waals surface area contributed by atoms with Crippen LogP contribution in [0.2, 0.25) is 0 Å².